The number of hydrogen-bond donors (Lipinski definition) is 1. The zero-order valence-electron chi connectivity index (χ0n) is 14.0. The molecule has 8 nitrogen and oxygen atoms in total. The van der Waals surface area contributed by atoms with Gasteiger partial charge in [0, 0.05) is 24.2 Å². The summed E-state index contributed by atoms with van der Waals surface area (Å²) in [6.45, 7) is 2.05. The molecule has 1 aliphatic rings. The molecule has 1 N–H and O–H groups in total. The second-order valence-electron chi connectivity index (χ2n) is 5.52. The highest BCUT2D eigenvalue weighted by Gasteiger charge is 2.21. The largest absolute Gasteiger partial charge is 0.454 e. The molecule has 4 rings (SSSR count). The van der Waals surface area contributed by atoms with E-state index in [-0.39, 0.29) is 18.0 Å². The number of ether oxygens (including phenoxy) is 2. The molecule has 0 bridgehead atoms. The maximum atomic E-state index is 12.3. The molecular formula is C16H15N5O3S2. The normalized spacial score (nSPS) is 13.6. The number of nitrogens with zero attached hydrogens (tertiary/aromatic N) is 4. The predicted molar refractivity (Wildman–Crippen MR) is 98.6 cm³/mol. The van der Waals surface area contributed by atoms with Crippen molar-refractivity contribution in [2.75, 3.05) is 12.1 Å². The molecule has 10 heteroatoms. The van der Waals surface area contributed by atoms with E-state index in [0.29, 0.717) is 21.9 Å². The molecule has 0 unspecified atom stereocenters. The van der Waals surface area contributed by atoms with Gasteiger partial charge in [-0.25, -0.2) is 4.98 Å². The van der Waals surface area contributed by atoms with Crippen LogP contribution in [0.4, 0.5) is 5.13 Å². The molecule has 0 fully saturated rings. The van der Waals surface area contributed by atoms with Crippen molar-refractivity contribution in [2.24, 2.45) is 7.05 Å². The number of benzene rings is 1. The number of carbonyl (C=O) groups excluding carboxylic acids is 1. The summed E-state index contributed by atoms with van der Waals surface area (Å²) in [4.78, 5) is 16.3. The van der Waals surface area contributed by atoms with E-state index in [2.05, 4.69) is 20.5 Å². The van der Waals surface area contributed by atoms with Crippen LogP contribution in [0.15, 0.2) is 34.9 Å². The highest BCUT2D eigenvalue weighted by molar-refractivity contribution is 8.00. The SMILES string of the molecule is C[C@H](Sc1nnc(-c2ccc3c(c2)OCO3)n1C)C(=O)Nc1nccs1. The summed E-state index contributed by atoms with van der Waals surface area (Å²) >= 11 is 2.72. The van der Waals surface area contributed by atoms with E-state index in [0.717, 1.165) is 11.3 Å². The van der Waals surface area contributed by atoms with E-state index in [1.165, 1.54) is 23.1 Å². The second kappa shape index (κ2) is 6.96. The Morgan fingerprint density at radius 2 is 2.19 bits per heavy atom. The first kappa shape index (κ1) is 16.9. The molecule has 1 amide bonds. The minimum absolute atomic E-state index is 0.127. The minimum atomic E-state index is -0.341. The van der Waals surface area contributed by atoms with Crippen molar-refractivity contribution in [3.63, 3.8) is 0 Å². The van der Waals surface area contributed by atoms with Crippen LogP contribution in [0, 0.1) is 0 Å². The summed E-state index contributed by atoms with van der Waals surface area (Å²) in [5, 5.41) is 14.0. The zero-order valence-corrected chi connectivity index (χ0v) is 15.6. The van der Waals surface area contributed by atoms with Crippen molar-refractivity contribution < 1.29 is 14.3 Å². The lowest BCUT2D eigenvalue weighted by Crippen LogP contribution is -2.22. The second-order valence-corrected chi connectivity index (χ2v) is 7.72. The van der Waals surface area contributed by atoms with Crippen molar-refractivity contribution in [1.82, 2.24) is 19.7 Å². The van der Waals surface area contributed by atoms with Crippen LogP contribution >= 0.6 is 23.1 Å². The molecule has 3 heterocycles. The van der Waals surface area contributed by atoms with Gasteiger partial charge < -0.3 is 19.4 Å². The molecule has 1 atom stereocenters. The van der Waals surface area contributed by atoms with E-state index >= 15 is 0 Å². The van der Waals surface area contributed by atoms with E-state index in [9.17, 15) is 4.79 Å². The lowest BCUT2D eigenvalue weighted by atomic mass is 10.2. The van der Waals surface area contributed by atoms with E-state index < -0.39 is 0 Å². The minimum Gasteiger partial charge on any atom is -0.454 e. The molecule has 0 saturated carbocycles. The van der Waals surface area contributed by atoms with Crippen molar-refractivity contribution in [2.45, 2.75) is 17.3 Å². The first-order chi connectivity index (χ1) is 12.6. The molecule has 1 aliphatic heterocycles. The third-order valence-electron chi connectivity index (χ3n) is 3.78. The molecule has 3 aromatic rings. The number of aromatic nitrogens is 4. The summed E-state index contributed by atoms with van der Waals surface area (Å²) in [5.74, 6) is 1.98. The fourth-order valence-electron chi connectivity index (χ4n) is 2.41. The van der Waals surface area contributed by atoms with Crippen molar-refractivity contribution in [3.8, 4) is 22.9 Å². The van der Waals surface area contributed by atoms with Gasteiger partial charge in [-0.05, 0) is 25.1 Å². The maximum Gasteiger partial charge on any atom is 0.239 e. The Labute approximate surface area is 157 Å². The molecule has 0 spiro atoms. The van der Waals surface area contributed by atoms with Crippen LogP contribution in [0.3, 0.4) is 0 Å². The van der Waals surface area contributed by atoms with Gasteiger partial charge in [-0.15, -0.1) is 21.5 Å². The molecular weight excluding hydrogens is 374 g/mol. The van der Waals surface area contributed by atoms with Gasteiger partial charge in [0.25, 0.3) is 0 Å². The molecule has 0 saturated heterocycles. The maximum absolute atomic E-state index is 12.3. The number of amides is 1. The number of rotatable bonds is 5. The number of hydrogen-bond acceptors (Lipinski definition) is 8. The van der Waals surface area contributed by atoms with Crippen LogP contribution in [0.1, 0.15) is 6.92 Å². The lowest BCUT2D eigenvalue weighted by molar-refractivity contribution is -0.115. The van der Waals surface area contributed by atoms with E-state index in [1.54, 1.807) is 6.20 Å². The number of nitrogens with one attached hydrogen (secondary N) is 1. The smallest absolute Gasteiger partial charge is 0.239 e. The topological polar surface area (TPSA) is 91.2 Å². The number of thiazole rings is 1. The highest BCUT2D eigenvalue weighted by Crippen LogP contribution is 2.36. The third-order valence-corrected chi connectivity index (χ3v) is 5.60. The van der Waals surface area contributed by atoms with Gasteiger partial charge in [-0.2, -0.15) is 0 Å². The predicted octanol–water partition coefficient (Wildman–Crippen LogP) is 2.79. The molecule has 26 heavy (non-hydrogen) atoms. The molecule has 134 valence electrons. The van der Waals surface area contributed by atoms with Gasteiger partial charge in [-0.1, -0.05) is 11.8 Å². The summed E-state index contributed by atoms with van der Waals surface area (Å²) < 4.78 is 12.6. The molecule has 1 aromatic carbocycles. The number of carbonyl (C=O) groups is 1. The Balaban J connectivity index is 1.49. The molecule has 2 aromatic heterocycles. The number of thioether (sulfide) groups is 1. The average molecular weight is 389 g/mol. The molecule has 0 aliphatic carbocycles. The zero-order chi connectivity index (χ0) is 18.1. The van der Waals surface area contributed by atoms with Crippen LogP contribution in [0.25, 0.3) is 11.4 Å². The van der Waals surface area contributed by atoms with Gasteiger partial charge >= 0.3 is 0 Å². The first-order valence-corrected chi connectivity index (χ1v) is 9.54. The number of anilines is 1. The monoisotopic (exact) mass is 389 g/mol. The van der Waals surface area contributed by atoms with Crippen LogP contribution in [-0.2, 0) is 11.8 Å². The summed E-state index contributed by atoms with van der Waals surface area (Å²) in [6, 6.07) is 5.63. The van der Waals surface area contributed by atoms with Gasteiger partial charge in [0.15, 0.2) is 27.6 Å². The van der Waals surface area contributed by atoms with Gasteiger partial charge in [-0.3, -0.25) is 4.79 Å². The summed E-state index contributed by atoms with van der Waals surface area (Å²) in [7, 11) is 1.87. The van der Waals surface area contributed by atoms with Gasteiger partial charge in [0.2, 0.25) is 12.7 Å². The van der Waals surface area contributed by atoms with Crippen LogP contribution in [0.2, 0.25) is 0 Å². The lowest BCUT2D eigenvalue weighted by Gasteiger charge is -2.10. The Kier molecular flexibility index (Phi) is 4.51. The standard InChI is InChI=1S/C16H15N5O3S2/c1-9(14(22)18-15-17-5-6-25-15)26-16-20-19-13(21(16)2)10-3-4-11-12(7-10)24-8-23-11/h3-7,9H,8H2,1-2H3,(H,17,18,22)/t9-/m0/s1. The van der Waals surface area contributed by atoms with Crippen LogP contribution in [0.5, 0.6) is 11.5 Å². The molecule has 0 radical (unpaired) electrons. The Morgan fingerprint density at radius 3 is 3.00 bits per heavy atom. The van der Waals surface area contributed by atoms with Crippen LogP contribution in [-0.4, -0.2) is 37.7 Å². The Hall–Kier alpha value is -2.59. The van der Waals surface area contributed by atoms with E-state index in [1.807, 2.05) is 42.1 Å². The fourth-order valence-corrected chi connectivity index (χ4v) is 3.75. The third kappa shape index (κ3) is 3.25. The van der Waals surface area contributed by atoms with Crippen molar-refractivity contribution in [1.29, 1.82) is 0 Å². The summed E-state index contributed by atoms with van der Waals surface area (Å²) in [6.07, 6.45) is 1.65. The van der Waals surface area contributed by atoms with Crippen LogP contribution < -0.4 is 14.8 Å². The highest BCUT2D eigenvalue weighted by atomic mass is 32.2. The van der Waals surface area contributed by atoms with Gasteiger partial charge in [0.05, 0.1) is 5.25 Å². The first-order valence-electron chi connectivity index (χ1n) is 7.78. The Morgan fingerprint density at radius 1 is 1.35 bits per heavy atom. The van der Waals surface area contributed by atoms with Crippen molar-refractivity contribution >= 4 is 34.1 Å². The van der Waals surface area contributed by atoms with Crippen molar-refractivity contribution in [3.05, 3.63) is 29.8 Å². The van der Waals surface area contributed by atoms with E-state index in [4.69, 9.17) is 9.47 Å². The quantitative estimate of drug-likeness (QED) is 0.671. The summed E-state index contributed by atoms with van der Waals surface area (Å²) in [5.41, 5.74) is 0.871. The average Bonchev–Trinajstić information content (AvgIpc) is 3.36. The van der Waals surface area contributed by atoms with Gasteiger partial charge in [0.1, 0.15) is 0 Å². The fraction of sp³-hybridized carbons (Fsp3) is 0.250. The Bertz CT molecular complexity index is 942. The number of fused-ring (bicyclic) bond motifs is 1.